The fraction of sp³-hybridized carbons (Fsp3) is 0.154. The van der Waals surface area contributed by atoms with Crippen LogP contribution >= 0.6 is 11.3 Å². The Labute approximate surface area is 98.2 Å². The predicted molar refractivity (Wildman–Crippen MR) is 65.7 cm³/mol. The Kier molecular flexibility index (Phi) is 3.37. The average Bonchev–Trinajstić information content (AvgIpc) is 2.76. The van der Waals surface area contributed by atoms with Crippen molar-refractivity contribution < 1.29 is 9.90 Å². The number of thiophene rings is 1. The predicted octanol–water partition coefficient (Wildman–Crippen LogP) is 3.43. The molecule has 1 aromatic heterocycles. The number of hydrogen-bond acceptors (Lipinski definition) is 2. The summed E-state index contributed by atoms with van der Waals surface area (Å²) in [6.45, 7) is 0. The number of hydrogen-bond donors (Lipinski definition) is 1. The average molecular weight is 232 g/mol. The summed E-state index contributed by atoms with van der Waals surface area (Å²) in [6.07, 6.45) is 0.821. The number of aliphatic carboxylic acids is 1. The summed E-state index contributed by atoms with van der Waals surface area (Å²) in [5.74, 6) is -0.741. The van der Waals surface area contributed by atoms with Crippen LogP contribution in [0, 0.1) is 0 Å². The van der Waals surface area contributed by atoms with Crippen LogP contribution in [0.25, 0.3) is 10.4 Å². The van der Waals surface area contributed by atoms with Crippen molar-refractivity contribution in [2.45, 2.75) is 12.8 Å². The van der Waals surface area contributed by atoms with Crippen molar-refractivity contribution in [2.75, 3.05) is 0 Å². The highest BCUT2D eigenvalue weighted by atomic mass is 32.1. The molecule has 82 valence electrons. The second kappa shape index (κ2) is 4.94. The van der Waals surface area contributed by atoms with E-state index in [-0.39, 0.29) is 6.42 Å². The minimum atomic E-state index is -0.741. The summed E-state index contributed by atoms with van der Waals surface area (Å²) in [6, 6.07) is 14.2. The molecule has 0 bridgehead atoms. The van der Waals surface area contributed by atoms with E-state index in [4.69, 9.17) is 5.11 Å². The quantitative estimate of drug-likeness (QED) is 0.876. The smallest absolute Gasteiger partial charge is 0.303 e. The third-order valence-corrected chi connectivity index (χ3v) is 3.50. The molecule has 0 aliphatic rings. The van der Waals surface area contributed by atoms with Crippen molar-refractivity contribution in [1.29, 1.82) is 0 Å². The first-order chi connectivity index (χ1) is 7.75. The number of benzene rings is 1. The molecule has 0 aliphatic carbocycles. The molecular weight excluding hydrogens is 220 g/mol. The third-order valence-electron chi connectivity index (χ3n) is 2.31. The Balaban J connectivity index is 2.11. The van der Waals surface area contributed by atoms with Crippen molar-refractivity contribution in [3.63, 3.8) is 0 Å². The Morgan fingerprint density at radius 2 is 1.88 bits per heavy atom. The summed E-state index contributed by atoms with van der Waals surface area (Å²) >= 11 is 1.66. The summed E-state index contributed by atoms with van der Waals surface area (Å²) in [5.41, 5.74) is 1.19. The molecule has 2 aromatic rings. The second-order valence-corrected chi connectivity index (χ2v) is 4.69. The highest BCUT2D eigenvalue weighted by Gasteiger charge is 2.04. The van der Waals surface area contributed by atoms with Crippen LogP contribution in [0.5, 0.6) is 0 Å². The van der Waals surface area contributed by atoms with Crippen LogP contribution in [0.1, 0.15) is 11.3 Å². The zero-order valence-electron chi connectivity index (χ0n) is 8.72. The zero-order chi connectivity index (χ0) is 11.4. The van der Waals surface area contributed by atoms with E-state index in [0.29, 0.717) is 6.42 Å². The normalized spacial score (nSPS) is 10.2. The summed E-state index contributed by atoms with van der Waals surface area (Å²) in [5, 5.41) is 8.60. The number of rotatable bonds is 4. The van der Waals surface area contributed by atoms with E-state index < -0.39 is 5.97 Å². The van der Waals surface area contributed by atoms with Gasteiger partial charge < -0.3 is 5.11 Å². The van der Waals surface area contributed by atoms with Gasteiger partial charge in [0.25, 0.3) is 0 Å². The maximum atomic E-state index is 10.5. The third kappa shape index (κ3) is 2.70. The van der Waals surface area contributed by atoms with Gasteiger partial charge in [-0.1, -0.05) is 30.3 Å². The molecule has 0 saturated heterocycles. The van der Waals surface area contributed by atoms with Crippen LogP contribution in [0.2, 0.25) is 0 Å². The first kappa shape index (κ1) is 10.9. The number of carboxylic acid groups (broad SMARTS) is 1. The fourth-order valence-corrected chi connectivity index (χ4v) is 2.51. The van der Waals surface area contributed by atoms with Gasteiger partial charge in [0.05, 0.1) is 6.42 Å². The van der Waals surface area contributed by atoms with E-state index in [0.717, 1.165) is 4.88 Å². The van der Waals surface area contributed by atoms with Crippen LogP contribution in [0.4, 0.5) is 0 Å². The Morgan fingerprint density at radius 3 is 2.56 bits per heavy atom. The molecular formula is C13H12O2S. The minimum absolute atomic E-state index is 0.203. The topological polar surface area (TPSA) is 37.3 Å². The number of carbonyl (C=O) groups is 1. The molecule has 0 spiro atoms. The minimum Gasteiger partial charge on any atom is -0.481 e. The van der Waals surface area contributed by atoms with Gasteiger partial charge in [-0.05, 0) is 24.1 Å². The molecule has 1 aromatic carbocycles. The Morgan fingerprint density at radius 1 is 1.12 bits per heavy atom. The SMILES string of the molecule is O=C(O)CCc1ccc(-c2ccccc2)s1. The van der Waals surface area contributed by atoms with Gasteiger partial charge in [0.2, 0.25) is 0 Å². The molecule has 1 heterocycles. The van der Waals surface area contributed by atoms with Crippen LogP contribution in [0.15, 0.2) is 42.5 Å². The number of aryl methyl sites for hydroxylation is 1. The molecule has 0 fully saturated rings. The van der Waals surface area contributed by atoms with Gasteiger partial charge in [-0.2, -0.15) is 0 Å². The van der Waals surface area contributed by atoms with Gasteiger partial charge in [0, 0.05) is 9.75 Å². The van der Waals surface area contributed by atoms with Gasteiger partial charge >= 0.3 is 5.97 Å². The maximum Gasteiger partial charge on any atom is 0.303 e. The fourth-order valence-electron chi connectivity index (χ4n) is 1.50. The van der Waals surface area contributed by atoms with Crippen LogP contribution in [-0.4, -0.2) is 11.1 Å². The van der Waals surface area contributed by atoms with Gasteiger partial charge in [-0.3, -0.25) is 4.79 Å². The summed E-state index contributed by atoms with van der Waals surface area (Å²) in [7, 11) is 0. The van der Waals surface area contributed by atoms with Crippen molar-refractivity contribution in [3.05, 3.63) is 47.3 Å². The lowest BCUT2D eigenvalue weighted by molar-refractivity contribution is -0.136. The highest BCUT2D eigenvalue weighted by molar-refractivity contribution is 7.15. The van der Waals surface area contributed by atoms with E-state index in [9.17, 15) is 4.79 Å². The molecule has 0 aliphatic heterocycles. The van der Waals surface area contributed by atoms with Crippen LogP contribution in [0.3, 0.4) is 0 Å². The highest BCUT2D eigenvalue weighted by Crippen LogP contribution is 2.28. The molecule has 0 saturated carbocycles. The van der Waals surface area contributed by atoms with Crippen molar-refractivity contribution in [3.8, 4) is 10.4 Å². The van der Waals surface area contributed by atoms with E-state index in [1.165, 1.54) is 10.4 Å². The molecule has 0 unspecified atom stereocenters. The first-order valence-corrected chi connectivity index (χ1v) is 5.93. The molecule has 0 atom stereocenters. The molecule has 2 nitrogen and oxygen atoms in total. The first-order valence-electron chi connectivity index (χ1n) is 5.11. The maximum absolute atomic E-state index is 10.5. The number of carboxylic acids is 1. The Hall–Kier alpha value is -1.61. The van der Waals surface area contributed by atoms with Crippen molar-refractivity contribution >= 4 is 17.3 Å². The van der Waals surface area contributed by atoms with Gasteiger partial charge in [0.1, 0.15) is 0 Å². The van der Waals surface area contributed by atoms with Gasteiger partial charge in [-0.25, -0.2) is 0 Å². The molecule has 1 N–H and O–H groups in total. The second-order valence-electron chi connectivity index (χ2n) is 3.53. The zero-order valence-corrected chi connectivity index (χ0v) is 9.54. The van der Waals surface area contributed by atoms with E-state index in [2.05, 4.69) is 18.2 Å². The molecule has 16 heavy (non-hydrogen) atoms. The molecule has 0 radical (unpaired) electrons. The standard InChI is InChI=1S/C13H12O2S/c14-13(15)9-7-11-6-8-12(16-11)10-4-2-1-3-5-10/h1-6,8H,7,9H2,(H,14,15). The van der Waals surface area contributed by atoms with Crippen molar-refractivity contribution in [1.82, 2.24) is 0 Å². The molecule has 3 heteroatoms. The van der Waals surface area contributed by atoms with Gasteiger partial charge in [0.15, 0.2) is 0 Å². The van der Waals surface area contributed by atoms with Crippen LogP contribution in [-0.2, 0) is 11.2 Å². The lowest BCUT2D eigenvalue weighted by Crippen LogP contribution is -1.95. The van der Waals surface area contributed by atoms with Gasteiger partial charge in [-0.15, -0.1) is 11.3 Å². The summed E-state index contributed by atoms with van der Waals surface area (Å²) in [4.78, 5) is 12.8. The Bertz CT molecular complexity index is 474. The van der Waals surface area contributed by atoms with Crippen molar-refractivity contribution in [2.24, 2.45) is 0 Å². The monoisotopic (exact) mass is 232 g/mol. The molecule has 2 rings (SSSR count). The van der Waals surface area contributed by atoms with E-state index in [1.54, 1.807) is 11.3 Å². The summed E-state index contributed by atoms with van der Waals surface area (Å²) < 4.78 is 0. The van der Waals surface area contributed by atoms with E-state index in [1.807, 2.05) is 24.3 Å². The van der Waals surface area contributed by atoms with Crippen LogP contribution < -0.4 is 0 Å². The molecule has 0 amide bonds. The largest absolute Gasteiger partial charge is 0.481 e. The lowest BCUT2D eigenvalue weighted by atomic mass is 10.2. The van der Waals surface area contributed by atoms with E-state index >= 15 is 0 Å². The lowest BCUT2D eigenvalue weighted by Gasteiger charge is -1.95.